The second-order valence-corrected chi connectivity index (χ2v) is 5.33. The Morgan fingerprint density at radius 2 is 2.17 bits per heavy atom. The summed E-state index contributed by atoms with van der Waals surface area (Å²) in [7, 11) is 0. The van der Waals surface area contributed by atoms with Crippen LogP contribution in [0.1, 0.15) is 25.3 Å². The van der Waals surface area contributed by atoms with Gasteiger partial charge < -0.3 is 15.4 Å². The summed E-state index contributed by atoms with van der Waals surface area (Å²) in [5, 5.41) is 14.8. The number of nitrogens with zero attached hydrogens (tertiary/aromatic N) is 1. The molecule has 2 N–H and O–H groups in total. The number of hydrogen-bond acceptors (Lipinski definition) is 5. The molecule has 1 aliphatic rings. The highest BCUT2D eigenvalue weighted by Gasteiger charge is 2.29. The average Bonchev–Trinajstić information content (AvgIpc) is 3.36. The largest absolute Gasteiger partial charge is 0.462 e. The molecule has 1 fully saturated rings. The van der Waals surface area contributed by atoms with Gasteiger partial charge in [0.05, 0.1) is 6.61 Å². The van der Waals surface area contributed by atoms with Gasteiger partial charge in [0, 0.05) is 23.5 Å². The van der Waals surface area contributed by atoms with Gasteiger partial charge in [0.15, 0.2) is 5.57 Å². The molecule has 0 spiro atoms. The van der Waals surface area contributed by atoms with Gasteiger partial charge in [0.25, 0.3) is 0 Å². The van der Waals surface area contributed by atoms with Crippen LogP contribution in [-0.4, -0.2) is 18.5 Å². The number of nitriles is 1. The van der Waals surface area contributed by atoms with Gasteiger partial charge in [-0.05, 0) is 44.4 Å². The zero-order valence-corrected chi connectivity index (χ0v) is 13.2. The third kappa shape index (κ3) is 4.58. The van der Waals surface area contributed by atoms with E-state index in [1.165, 1.54) is 6.20 Å². The number of carbonyl (C=O) groups excluding carboxylic acids is 2. The summed E-state index contributed by atoms with van der Waals surface area (Å²) >= 11 is 0. The van der Waals surface area contributed by atoms with E-state index in [0.29, 0.717) is 5.69 Å². The van der Waals surface area contributed by atoms with Crippen molar-refractivity contribution in [2.24, 2.45) is 5.92 Å². The number of aryl methyl sites for hydroxylation is 1. The van der Waals surface area contributed by atoms with Crippen molar-refractivity contribution in [3.8, 4) is 6.07 Å². The Balaban J connectivity index is 2.09. The van der Waals surface area contributed by atoms with Crippen molar-refractivity contribution < 1.29 is 14.3 Å². The van der Waals surface area contributed by atoms with Crippen molar-refractivity contribution in [1.29, 1.82) is 5.26 Å². The molecular formula is C17H19N3O3. The van der Waals surface area contributed by atoms with Crippen LogP contribution in [0.25, 0.3) is 0 Å². The number of esters is 1. The normalized spacial score (nSPS) is 13.9. The molecule has 0 heterocycles. The lowest BCUT2D eigenvalue weighted by molar-refractivity contribution is -0.138. The predicted octanol–water partition coefficient (Wildman–Crippen LogP) is 2.73. The van der Waals surface area contributed by atoms with Gasteiger partial charge >= 0.3 is 5.97 Å². The van der Waals surface area contributed by atoms with Crippen LogP contribution >= 0.6 is 0 Å². The molecule has 2 rings (SSSR count). The molecule has 0 saturated heterocycles. The molecule has 0 aliphatic heterocycles. The summed E-state index contributed by atoms with van der Waals surface area (Å²) in [5.74, 6) is -0.512. The number of anilines is 2. The van der Waals surface area contributed by atoms with Gasteiger partial charge in [-0.15, -0.1) is 0 Å². The number of amides is 1. The molecule has 0 radical (unpaired) electrons. The van der Waals surface area contributed by atoms with E-state index in [2.05, 4.69) is 10.6 Å². The highest BCUT2D eigenvalue weighted by Crippen LogP contribution is 2.31. The summed E-state index contributed by atoms with van der Waals surface area (Å²) in [4.78, 5) is 23.4. The summed E-state index contributed by atoms with van der Waals surface area (Å²) in [6.07, 6.45) is 3.18. The van der Waals surface area contributed by atoms with Gasteiger partial charge in [-0.3, -0.25) is 4.79 Å². The number of carbonyl (C=O) groups is 2. The van der Waals surface area contributed by atoms with Crippen LogP contribution in [0.3, 0.4) is 0 Å². The summed E-state index contributed by atoms with van der Waals surface area (Å²) in [6.45, 7) is 3.79. The van der Waals surface area contributed by atoms with Crippen molar-refractivity contribution >= 4 is 23.3 Å². The van der Waals surface area contributed by atoms with Crippen LogP contribution in [0, 0.1) is 24.2 Å². The Labute approximate surface area is 135 Å². The first-order valence-corrected chi connectivity index (χ1v) is 7.50. The Morgan fingerprint density at radius 3 is 2.78 bits per heavy atom. The van der Waals surface area contributed by atoms with E-state index < -0.39 is 5.97 Å². The van der Waals surface area contributed by atoms with Crippen LogP contribution < -0.4 is 10.6 Å². The van der Waals surface area contributed by atoms with E-state index in [0.717, 1.165) is 24.1 Å². The lowest BCUT2D eigenvalue weighted by Crippen LogP contribution is -2.14. The average molecular weight is 313 g/mol. The molecule has 1 aromatic carbocycles. The first kappa shape index (κ1) is 16.6. The van der Waals surface area contributed by atoms with Crippen LogP contribution in [0.4, 0.5) is 11.4 Å². The molecule has 23 heavy (non-hydrogen) atoms. The molecule has 1 amide bonds. The monoisotopic (exact) mass is 313 g/mol. The molecule has 6 heteroatoms. The fraction of sp³-hybridized carbons (Fsp3) is 0.353. The van der Waals surface area contributed by atoms with E-state index >= 15 is 0 Å². The maximum absolute atomic E-state index is 11.9. The maximum Gasteiger partial charge on any atom is 0.350 e. The summed E-state index contributed by atoms with van der Waals surface area (Å²) in [6, 6.07) is 7.22. The molecule has 0 bridgehead atoms. The Hall–Kier alpha value is -2.81. The zero-order chi connectivity index (χ0) is 16.8. The standard InChI is InChI=1S/C17H19N3O3/c1-3-23-17(22)13(9-18)10-19-14-7-4-11(2)15(8-14)20-16(21)12-5-6-12/h4,7-8,10,12,19H,3,5-6H2,1-2H3,(H,20,21)/b13-10-. The van der Waals surface area contributed by atoms with Crippen molar-refractivity contribution in [2.75, 3.05) is 17.2 Å². The zero-order valence-electron chi connectivity index (χ0n) is 13.2. The Kier molecular flexibility index (Phi) is 5.36. The minimum atomic E-state index is -0.670. The highest BCUT2D eigenvalue weighted by atomic mass is 16.5. The molecule has 0 atom stereocenters. The topological polar surface area (TPSA) is 91.2 Å². The molecule has 0 unspecified atom stereocenters. The van der Waals surface area contributed by atoms with Gasteiger partial charge in [0.1, 0.15) is 6.07 Å². The van der Waals surface area contributed by atoms with Crippen LogP contribution in [0.15, 0.2) is 30.0 Å². The van der Waals surface area contributed by atoms with Crippen molar-refractivity contribution in [3.63, 3.8) is 0 Å². The van der Waals surface area contributed by atoms with Gasteiger partial charge in [-0.1, -0.05) is 6.07 Å². The quantitative estimate of drug-likeness (QED) is 0.479. The summed E-state index contributed by atoms with van der Waals surface area (Å²) < 4.78 is 4.79. The third-order valence-electron chi connectivity index (χ3n) is 3.44. The molecule has 1 aromatic rings. The van der Waals surface area contributed by atoms with Crippen LogP contribution in [0.2, 0.25) is 0 Å². The van der Waals surface area contributed by atoms with Crippen LogP contribution in [-0.2, 0) is 14.3 Å². The number of hydrogen-bond donors (Lipinski definition) is 2. The van der Waals surface area contributed by atoms with Crippen molar-refractivity contribution in [1.82, 2.24) is 0 Å². The fourth-order valence-corrected chi connectivity index (χ4v) is 1.93. The van der Waals surface area contributed by atoms with Gasteiger partial charge in [0.2, 0.25) is 5.91 Å². The van der Waals surface area contributed by atoms with E-state index in [4.69, 9.17) is 10.00 Å². The highest BCUT2D eigenvalue weighted by molar-refractivity contribution is 5.95. The summed E-state index contributed by atoms with van der Waals surface area (Å²) in [5.41, 5.74) is 2.21. The Morgan fingerprint density at radius 1 is 1.43 bits per heavy atom. The van der Waals surface area contributed by atoms with Crippen molar-refractivity contribution in [3.05, 3.63) is 35.5 Å². The van der Waals surface area contributed by atoms with E-state index in [1.54, 1.807) is 25.1 Å². The number of benzene rings is 1. The molecule has 1 aliphatic carbocycles. The second kappa shape index (κ2) is 7.45. The third-order valence-corrected chi connectivity index (χ3v) is 3.44. The fourth-order valence-electron chi connectivity index (χ4n) is 1.93. The molecule has 1 saturated carbocycles. The predicted molar refractivity (Wildman–Crippen MR) is 86.5 cm³/mol. The van der Waals surface area contributed by atoms with Crippen molar-refractivity contribution in [2.45, 2.75) is 26.7 Å². The van der Waals surface area contributed by atoms with Gasteiger partial charge in [-0.25, -0.2) is 4.79 Å². The van der Waals surface area contributed by atoms with Gasteiger partial charge in [-0.2, -0.15) is 5.26 Å². The number of nitrogens with one attached hydrogen (secondary N) is 2. The van der Waals surface area contributed by atoms with Crippen LogP contribution in [0.5, 0.6) is 0 Å². The SMILES string of the molecule is CCOC(=O)/C(C#N)=C\Nc1ccc(C)c(NC(=O)C2CC2)c1. The first-order valence-electron chi connectivity index (χ1n) is 7.50. The number of rotatable bonds is 6. The number of ether oxygens (including phenoxy) is 1. The maximum atomic E-state index is 11.9. The van der Waals surface area contributed by atoms with E-state index in [1.807, 2.05) is 13.0 Å². The minimum absolute atomic E-state index is 0.0324. The molecule has 0 aromatic heterocycles. The second-order valence-electron chi connectivity index (χ2n) is 5.33. The Bertz CT molecular complexity index is 685. The van der Waals surface area contributed by atoms with E-state index in [9.17, 15) is 9.59 Å². The lowest BCUT2D eigenvalue weighted by atomic mass is 10.1. The first-order chi connectivity index (χ1) is 11.0. The smallest absolute Gasteiger partial charge is 0.350 e. The lowest BCUT2D eigenvalue weighted by Gasteiger charge is -2.10. The van der Waals surface area contributed by atoms with E-state index in [-0.39, 0.29) is 24.0 Å². The molecule has 120 valence electrons. The molecule has 6 nitrogen and oxygen atoms in total. The minimum Gasteiger partial charge on any atom is -0.462 e. The molecular weight excluding hydrogens is 294 g/mol.